The second kappa shape index (κ2) is 63.7. The summed E-state index contributed by atoms with van der Waals surface area (Å²) in [5.74, 6) is -0.838. The van der Waals surface area contributed by atoms with E-state index in [1.54, 1.807) is 0 Å². The summed E-state index contributed by atoms with van der Waals surface area (Å²) in [7, 11) is 0. The van der Waals surface area contributed by atoms with Gasteiger partial charge in [-0.3, -0.25) is 14.4 Å². The lowest BCUT2D eigenvalue weighted by Gasteiger charge is -2.18. The number of carbonyl (C=O) groups is 3. The first-order valence-electron chi connectivity index (χ1n) is 33.7. The van der Waals surface area contributed by atoms with E-state index in [0.29, 0.717) is 19.3 Å². The summed E-state index contributed by atoms with van der Waals surface area (Å²) in [5, 5.41) is 0. The van der Waals surface area contributed by atoms with E-state index in [1.165, 1.54) is 289 Å². The molecular weight excluding hydrogens is 913 g/mol. The van der Waals surface area contributed by atoms with Gasteiger partial charge in [-0.15, -0.1) is 0 Å². The van der Waals surface area contributed by atoms with Gasteiger partial charge in [0, 0.05) is 19.3 Å². The third-order valence-corrected chi connectivity index (χ3v) is 15.5. The lowest BCUT2D eigenvalue weighted by Crippen LogP contribution is -2.30. The van der Waals surface area contributed by atoms with Gasteiger partial charge in [-0.1, -0.05) is 335 Å². The van der Waals surface area contributed by atoms with Crippen LogP contribution in [0.15, 0.2) is 12.2 Å². The van der Waals surface area contributed by atoms with Crippen LogP contribution in [0, 0.1) is 0 Å². The molecule has 0 aromatic rings. The summed E-state index contributed by atoms with van der Waals surface area (Å²) in [4.78, 5) is 38.3. The maximum atomic E-state index is 12.9. The molecule has 0 rings (SSSR count). The molecule has 1 unspecified atom stereocenters. The molecule has 0 saturated carbocycles. The Morgan fingerprint density at radius 1 is 0.257 bits per heavy atom. The molecule has 0 aliphatic heterocycles. The molecule has 0 N–H and O–H groups in total. The predicted molar refractivity (Wildman–Crippen MR) is 321 cm³/mol. The van der Waals surface area contributed by atoms with E-state index in [0.717, 1.165) is 57.8 Å². The smallest absolute Gasteiger partial charge is 0.306 e. The number of unbranched alkanes of at least 4 members (excludes halogenated alkanes) is 50. The first kappa shape index (κ1) is 72.2. The molecule has 0 aliphatic rings. The molecule has 6 heteroatoms. The summed E-state index contributed by atoms with van der Waals surface area (Å²) in [6.45, 7) is 6.71. The van der Waals surface area contributed by atoms with Crippen LogP contribution < -0.4 is 0 Å². The minimum absolute atomic E-state index is 0.0652. The van der Waals surface area contributed by atoms with Gasteiger partial charge in [0.15, 0.2) is 6.10 Å². The topological polar surface area (TPSA) is 78.9 Å². The molecule has 1 atom stereocenters. The third kappa shape index (κ3) is 61.0. The Hall–Kier alpha value is -1.85. The van der Waals surface area contributed by atoms with Gasteiger partial charge in [0.2, 0.25) is 0 Å². The van der Waals surface area contributed by atoms with Crippen LogP contribution in [-0.2, 0) is 28.6 Å². The highest BCUT2D eigenvalue weighted by atomic mass is 16.6. The predicted octanol–water partition coefficient (Wildman–Crippen LogP) is 22.8. The van der Waals surface area contributed by atoms with Gasteiger partial charge in [-0.05, 0) is 44.9 Å². The van der Waals surface area contributed by atoms with Crippen molar-refractivity contribution in [3.8, 4) is 0 Å². The first-order valence-corrected chi connectivity index (χ1v) is 33.7. The molecule has 74 heavy (non-hydrogen) atoms. The molecule has 0 bridgehead atoms. The van der Waals surface area contributed by atoms with E-state index < -0.39 is 6.10 Å². The van der Waals surface area contributed by atoms with Crippen molar-refractivity contribution in [2.45, 2.75) is 393 Å². The number of hydrogen-bond acceptors (Lipinski definition) is 6. The van der Waals surface area contributed by atoms with Crippen LogP contribution in [0.2, 0.25) is 0 Å². The number of allylic oxidation sites excluding steroid dienone is 2. The molecule has 0 aromatic carbocycles. The van der Waals surface area contributed by atoms with Crippen molar-refractivity contribution in [1.29, 1.82) is 0 Å². The van der Waals surface area contributed by atoms with Gasteiger partial charge in [0.25, 0.3) is 0 Å². The SMILES string of the molecule is CCCCCCCC/C=C\CCCCCCCCCC(=O)OC(COC(=O)CCCCCCCCCCCCCCC)COC(=O)CCCCCCCCCCCCCCCCCCCCCCCCCCCC. The fourth-order valence-electron chi connectivity index (χ4n) is 10.4. The average molecular weight is 1040 g/mol. The fourth-order valence-corrected chi connectivity index (χ4v) is 10.4. The van der Waals surface area contributed by atoms with E-state index in [1.807, 2.05) is 0 Å². The Morgan fingerprint density at radius 2 is 0.446 bits per heavy atom. The second-order valence-corrected chi connectivity index (χ2v) is 23.1. The van der Waals surface area contributed by atoms with Crippen molar-refractivity contribution in [1.82, 2.24) is 0 Å². The van der Waals surface area contributed by atoms with E-state index in [9.17, 15) is 14.4 Å². The Kier molecular flexibility index (Phi) is 62.1. The van der Waals surface area contributed by atoms with Crippen molar-refractivity contribution < 1.29 is 28.6 Å². The normalized spacial score (nSPS) is 12.0. The Morgan fingerprint density at radius 3 is 0.676 bits per heavy atom. The molecular formula is C68H130O6. The Balaban J connectivity index is 4.19. The van der Waals surface area contributed by atoms with Crippen LogP contribution >= 0.6 is 0 Å². The summed E-state index contributed by atoms with van der Waals surface area (Å²) < 4.78 is 17.0. The van der Waals surface area contributed by atoms with Gasteiger partial charge >= 0.3 is 17.9 Å². The summed E-state index contributed by atoms with van der Waals surface area (Å²) in [6.07, 6.45) is 75.2. The number of rotatable bonds is 63. The lowest BCUT2D eigenvalue weighted by atomic mass is 10.0. The molecule has 0 aromatic heterocycles. The highest BCUT2D eigenvalue weighted by Gasteiger charge is 2.19. The largest absolute Gasteiger partial charge is 0.462 e. The van der Waals surface area contributed by atoms with Crippen LogP contribution in [0.25, 0.3) is 0 Å². The van der Waals surface area contributed by atoms with E-state index in [4.69, 9.17) is 14.2 Å². The van der Waals surface area contributed by atoms with Gasteiger partial charge in [-0.2, -0.15) is 0 Å². The van der Waals surface area contributed by atoms with Gasteiger partial charge in [0.1, 0.15) is 13.2 Å². The number of hydrogen-bond donors (Lipinski definition) is 0. The van der Waals surface area contributed by atoms with Crippen molar-refractivity contribution in [3.63, 3.8) is 0 Å². The highest BCUT2D eigenvalue weighted by molar-refractivity contribution is 5.71. The third-order valence-electron chi connectivity index (χ3n) is 15.5. The first-order chi connectivity index (χ1) is 36.5. The fraction of sp³-hybridized carbons (Fsp3) is 0.926. The number of carbonyl (C=O) groups excluding carboxylic acids is 3. The van der Waals surface area contributed by atoms with Gasteiger partial charge < -0.3 is 14.2 Å². The number of esters is 3. The maximum Gasteiger partial charge on any atom is 0.306 e. The quantitative estimate of drug-likeness (QED) is 0.0261. The van der Waals surface area contributed by atoms with Gasteiger partial charge in [0.05, 0.1) is 0 Å². The molecule has 438 valence electrons. The Labute approximate surface area is 462 Å². The monoisotopic (exact) mass is 1040 g/mol. The molecule has 0 fully saturated rings. The molecule has 0 amide bonds. The van der Waals surface area contributed by atoms with Crippen LogP contribution in [0.3, 0.4) is 0 Å². The average Bonchev–Trinajstić information content (AvgIpc) is 3.40. The molecule has 0 aliphatic carbocycles. The lowest BCUT2D eigenvalue weighted by molar-refractivity contribution is -0.167. The van der Waals surface area contributed by atoms with Gasteiger partial charge in [-0.25, -0.2) is 0 Å². The highest BCUT2D eigenvalue weighted by Crippen LogP contribution is 2.19. The van der Waals surface area contributed by atoms with Crippen LogP contribution in [0.4, 0.5) is 0 Å². The summed E-state index contributed by atoms with van der Waals surface area (Å²) >= 11 is 0. The van der Waals surface area contributed by atoms with Crippen molar-refractivity contribution >= 4 is 17.9 Å². The molecule has 0 heterocycles. The Bertz CT molecular complexity index is 1150. The minimum atomic E-state index is -0.768. The van der Waals surface area contributed by atoms with Crippen molar-refractivity contribution in [2.24, 2.45) is 0 Å². The van der Waals surface area contributed by atoms with E-state index in [-0.39, 0.29) is 31.1 Å². The summed E-state index contributed by atoms with van der Waals surface area (Å²) in [6, 6.07) is 0. The van der Waals surface area contributed by atoms with Crippen molar-refractivity contribution in [2.75, 3.05) is 13.2 Å². The molecule has 0 radical (unpaired) electrons. The molecule has 6 nitrogen and oxygen atoms in total. The zero-order chi connectivity index (χ0) is 53.6. The maximum absolute atomic E-state index is 12.9. The zero-order valence-corrected chi connectivity index (χ0v) is 50.4. The van der Waals surface area contributed by atoms with Crippen molar-refractivity contribution in [3.05, 3.63) is 12.2 Å². The second-order valence-electron chi connectivity index (χ2n) is 23.1. The van der Waals surface area contributed by atoms with Crippen LogP contribution in [0.5, 0.6) is 0 Å². The zero-order valence-electron chi connectivity index (χ0n) is 50.4. The van der Waals surface area contributed by atoms with E-state index >= 15 is 0 Å². The summed E-state index contributed by atoms with van der Waals surface area (Å²) in [5.41, 5.74) is 0. The minimum Gasteiger partial charge on any atom is -0.462 e. The molecule has 0 saturated heterocycles. The van der Waals surface area contributed by atoms with E-state index in [2.05, 4.69) is 32.9 Å². The molecule has 0 spiro atoms. The number of ether oxygens (including phenoxy) is 3. The van der Waals surface area contributed by atoms with Crippen LogP contribution in [-0.4, -0.2) is 37.2 Å². The standard InChI is InChI=1S/C68H130O6/c1-4-7-10-13-16-19-22-25-27-29-30-31-32-33-34-35-36-37-39-40-43-46-49-52-55-58-61-67(70)73-64-65(63-72-66(69)60-57-54-51-48-45-42-24-21-18-15-12-9-6-3)74-68(71)62-59-56-53-50-47-44-41-38-28-26-23-20-17-14-11-8-5-2/h26,28,65H,4-25,27,29-64H2,1-3H3/b28-26-. The van der Waals surface area contributed by atoms with Crippen LogP contribution in [0.1, 0.15) is 387 Å².